The van der Waals surface area contributed by atoms with E-state index in [0.29, 0.717) is 5.33 Å². The summed E-state index contributed by atoms with van der Waals surface area (Å²) in [5.74, 6) is -1.02. The number of rotatable bonds is 2. The Morgan fingerprint density at radius 3 is 2.43 bits per heavy atom. The van der Waals surface area contributed by atoms with Gasteiger partial charge in [0.25, 0.3) is 0 Å². The van der Waals surface area contributed by atoms with Gasteiger partial charge in [-0.3, -0.25) is 4.79 Å². The van der Waals surface area contributed by atoms with Gasteiger partial charge in [-0.25, -0.2) is 0 Å². The molecule has 0 aliphatic heterocycles. The first kappa shape index (κ1) is 6.95. The van der Waals surface area contributed by atoms with Crippen LogP contribution in [0.5, 0.6) is 0 Å². The minimum absolute atomic E-state index is 0.264. The van der Waals surface area contributed by atoms with Crippen molar-refractivity contribution in [1.82, 2.24) is 0 Å². The molecule has 0 saturated carbocycles. The van der Waals surface area contributed by atoms with E-state index in [9.17, 15) is 4.79 Å². The van der Waals surface area contributed by atoms with Crippen LogP contribution >= 0.6 is 15.9 Å². The molecular formula is C4H7BrO2. The molecule has 1 N–H and O–H groups in total. The van der Waals surface area contributed by atoms with Gasteiger partial charge in [0.05, 0.1) is 5.92 Å². The lowest BCUT2D eigenvalue weighted by molar-refractivity contribution is -0.140. The summed E-state index contributed by atoms with van der Waals surface area (Å²) in [4.78, 5) is 9.90. The smallest absolute Gasteiger partial charge is 0.307 e. The molecule has 2 nitrogen and oxygen atoms in total. The number of alkyl halides is 1. The molecule has 0 radical (unpaired) electrons. The maximum atomic E-state index is 9.90. The van der Waals surface area contributed by atoms with Crippen LogP contribution in [0.25, 0.3) is 0 Å². The summed E-state index contributed by atoms with van der Waals surface area (Å²) in [5.41, 5.74) is 0. The number of aliphatic carboxylic acids is 1. The maximum Gasteiger partial charge on any atom is 0.307 e. The van der Waals surface area contributed by atoms with Crippen LogP contribution in [0.15, 0.2) is 0 Å². The number of hydrogen-bond acceptors (Lipinski definition) is 1. The van der Waals surface area contributed by atoms with E-state index in [-0.39, 0.29) is 5.92 Å². The van der Waals surface area contributed by atoms with Crippen molar-refractivity contribution in [2.75, 3.05) is 5.33 Å². The van der Waals surface area contributed by atoms with Crippen molar-refractivity contribution >= 4 is 21.9 Å². The van der Waals surface area contributed by atoms with Crippen LogP contribution in [-0.2, 0) is 4.79 Å². The highest BCUT2D eigenvalue weighted by Gasteiger charge is 2.06. The monoisotopic (exact) mass is 166 g/mol. The van der Waals surface area contributed by atoms with Crippen molar-refractivity contribution in [3.63, 3.8) is 0 Å². The van der Waals surface area contributed by atoms with Crippen molar-refractivity contribution in [1.29, 1.82) is 0 Å². The van der Waals surface area contributed by atoms with Crippen molar-refractivity contribution in [3.8, 4) is 0 Å². The minimum Gasteiger partial charge on any atom is -0.481 e. The fourth-order valence-corrected chi connectivity index (χ4v) is 0.343. The van der Waals surface area contributed by atoms with Crippen LogP contribution in [0.4, 0.5) is 0 Å². The fourth-order valence-electron chi connectivity index (χ4n) is 0.0660. The molecule has 0 fully saturated rings. The molecule has 0 aromatic carbocycles. The van der Waals surface area contributed by atoms with Gasteiger partial charge >= 0.3 is 5.97 Å². The third-order valence-corrected chi connectivity index (χ3v) is 1.62. The summed E-state index contributed by atoms with van der Waals surface area (Å²) in [6, 6.07) is 0. The van der Waals surface area contributed by atoms with Crippen molar-refractivity contribution in [3.05, 3.63) is 0 Å². The van der Waals surface area contributed by atoms with Crippen LogP contribution in [-0.4, -0.2) is 16.4 Å². The largest absolute Gasteiger partial charge is 0.481 e. The second-order valence-electron chi connectivity index (χ2n) is 1.39. The van der Waals surface area contributed by atoms with E-state index in [1.165, 1.54) is 0 Å². The molecule has 0 rings (SSSR count). The predicted molar refractivity (Wildman–Crippen MR) is 30.6 cm³/mol. The normalized spacial score (nSPS) is 13.4. The standard InChI is InChI=1S/C4H7BrO2/c1-3(2-5)4(6)7/h3H,2H2,1H3,(H,6,7)/t3-/m0/s1. The van der Waals surface area contributed by atoms with Crippen molar-refractivity contribution < 1.29 is 9.90 Å². The summed E-state index contributed by atoms with van der Waals surface area (Å²) in [6.07, 6.45) is 0. The predicted octanol–water partition coefficient (Wildman–Crippen LogP) is 1.10. The Balaban J connectivity index is 3.34. The molecule has 0 aromatic rings. The first-order valence-electron chi connectivity index (χ1n) is 1.97. The summed E-state index contributed by atoms with van der Waals surface area (Å²) in [7, 11) is 0. The lowest BCUT2D eigenvalue weighted by Gasteiger charge is -1.95. The highest BCUT2D eigenvalue weighted by atomic mass is 79.9. The second kappa shape index (κ2) is 3.02. The zero-order chi connectivity index (χ0) is 5.86. The van der Waals surface area contributed by atoms with Gasteiger partial charge in [-0.05, 0) is 0 Å². The van der Waals surface area contributed by atoms with Gasteiger partial charge in [0.2, 0.25) is 0 Å². The fraction of sp³-hybridized carbons (Fsp3) is 0.750. The number of halogens is 1. The van der Waals surface area contributed by atoms with E-state index in [2.05, 4.69) is 15.9 Å². The van der Waals surface area contributed by atoms with Gasteiger partial charge in [0, 0.05) is 5.33 Å². The van der Waals surface area contributed by atoms with Crippen molar-refractivity contribution in [2.24, 2.45) is 5.92 Å². The maximum absolute atomic E-state index is 9.90. The van der Waals surface area contributed by atoms with Crippen LogP contribution in [0.3, 0.4) is 0 Å². The topological polar surface area (TPSA) is 37.3 Å². The number of carboxylic acid groups (broad SMARTS) is 1. The minimum atomic E-state index is -0.753. The van der Waals surface area contributed by atoms with Gasteiger partial charge < -0.3 is 5.11 Å². The Hall–Kier alpha value is -0.0500. The second-order valence-corrected chi connectivity index (χ2v) is 2.04. The molecule has 0 aliphatic rings. The molecule has 0 saturated heterocycles. The lowest BCUT2D eigenvalue weighted by Crippen LogP contribution is -2.09. The van der Waals surface area contributed by atoms with Crippen LogP contribution < -0.4 is 0 Å². The zero-order valence-electron chi connectivity index (χ0n) is 4.02. The van der Waals surface area contributed by atoms with Crippen LogP contribution in [0, 0.1) is 5.92 Å². The Kier molecular flexibility index (Phi) is 3.00. The third-order valence-electron chi connectivity index (χ3n) is 0.653. The van der Waals surface area contributed by atoms with E-state index in [0.717, 1.165) is 0 Å². The quantitative estimate of drug-likeness (QED) is 0.625. The van der Waals surface area contributed by atoms with E-state index in [1.54, 1.807) is 6.92 Å². The number of carboxylic acids is 1. The molecule has 7 heavy (non-hydrogen) atoms. The molecule has 3 heteroatoms. The molecule has 0 aromatic heterocycles. The third kappa shape index (κ3) is 2.62. The van der Waals surface area contributed by atoms with E-state index >= 15 is 0 Å². The van der Waals surface area contributed by atoms with Gasteiger partial charge in [-0.2, -0.15) is 0 Å². The number of hydrogen-bond donors (Lipinski definition) is 1. The first-order valence-corrected chi connectivity index (χ1v) is 3.09. The number of carbonyl (C=O) groups is 1. The van der Waals surface area contributed by atoms with E-state index in [1.807, 2.05) is 0 Å². The van der Waals surface area contributed by atoms with Crippen LogP contribution in [0.2, 0.25) is 0 Å². The summed E-state index contributed by atoms with van der Waals surface area (Å²) in [6.45, 7) is 1.65. The summed E-state index contributed by atoms with van der Waals surface area (Å²) >= 11 is 3.03. The Morgan fingerprint density at radius 2 is 2.43 bits per heavy atom. The van der Waals surface area contributed by atoms with Crippen LogP contribution in [0.1, 0.15) is 6.92 Å². The molecule has 0 spiro atoms. The summed E-state index contributed by atoms with van der Waals surface area (Å²) in [5, 5.41) is 8.68. The Labute approximate surface area is 50.7 Å². The Morgan fingerprint density at radius 1 is 2.00 bits per heavy atom. The highest BCUT2D eigenvalue weighted by molar-refractivity contribution is 9.09. The highest BCUT2D eigenvalue weighted by Crippen LogP contribution is 1.97. The average molecular weight is 167 g/mol. The van der Waals surface area contributed by atoms with Gasteiger partial charge in [-0.15, -0.1) is 0 Å². The molecule has 0 amide bonds. The molecule has 0 unspecified atom stereocenters. The molecule has 0 heterocycles. The summed E-state index contributed by atoms with van der Waals surface area (Å²) < 4.78 is 0. The van der Waals surface area contributed by atoms with Gasteiger partial charge in [0.1, 0.15) is 0 Å². The molecular weight excluding hydrogens is 160 g/mol. The van der Waals surface area contributed by atoms with E-state index in [4.69, 9.17) is 5.11 Å². The zero-order valence-corrected chi connectivity index (χ0v) is 5.60. The van der Waals surface area contributed by atoms with Gasteiger partial charge in [0.15, 0.2) is 0 Å². The molecule has 42 valence electrons. The Bertz CT molecular complexity index is 72.1. The molecule has 0 aliphatic carbocycles. The lowest BCUT2D eigenvalue weighted by atomic mass is 10.2. The molecule has 0 bridgehead atoms. The molecule has 1 atom stereocenters. The first-order chi connectivity index (χ1) is 3.18. The van der Waals surface area contributed by atoms with Crippen molar-refractivity contribution in [2.45, 2.75) is 6.92 Å². The SMILES string of the molecule is C[C@@H](CBr)C(=O)O. The average Bonchev–Trinajstić information content (AvgIpc) is 1.65. The van der Waals surface area contributed by atoms with Gasteiger partial charge in [-0.1, -0.05) is 22.9 Å². The van der Waals surface area contributed by atoms with E-state index < -0.39 is 5.97 Å².